The molecule has 1 aliphatic heterocycles. The maximum Gasteiger partial charge on any atom is 0.410 e. The molecule has 1 aromatic rings. The zero-order valence-electron chi connectivity index (χ0n) is 13.7. The summed E-state index contributed by atoms with van der Waals surface area (Å²) in [5.74, 6) is 0.389. The van der Waals surface area contributed by atoms with Crippen LogP contribution in [0.1, 0.15) is 65.1 Å². The van der Waals surface area contributed by atoms with E-state index in [1.54, 1.807) is 4.90 Å². The first-order valence-electron chi connectivity index (χ1n) is 7.66. The molecule has 1 aliphatic rings. The Hall–Kier alpha value is -1.59. The third-order valence-electron chi connectivity index (χ3n) is 3.61. The van der Waals surface area contributed by atoms with Gasteiger partial charge in [-0.3, -0.25) is 0 Å². The predicted molar refractivity (Wildman–Crippen MR) is 80.2 cm³/mol. The summed E-state index contributed by atoms with van der Waals surface area (Å²) in [7, 11) is 0. The van der Waals surface area contributed by atoms with Gasteiger partial charge in [0.15, 0.2) is 0 Å². The highest BCUT2D eigenvalue weighted by molar-refractivity contribution is 5.68. The number of carbonyl (C=O) groups excluding carboxylic acids is 1. The van der Waals surface area contributed by atoms with Gasteiger partial charge in [0.2, 0.25) is 0 Å². The molecule has 118 valence electrons. The summed E-state index contributed by atoms with van der Waals surface area (Å²) < 4.78 is 7.35. The van der Waals surface area contributed by atoms with Gasteiger partial charge in [0.1, 0.15) is 5.60 Å². The number of nitrogens with zero attached hydrogens (tertiary/aromatic N) is 4. The van der Waals surface area contributed by atoms with Crippen LogP contribution in [0.5, 0.6) is 0 Å². The van der Waals surface area contributed by atoms with Crippen LogP contribution in [0.15, 0.2) is 6.20 Å². The SMILES string of the molecule is CC(C)c1cn(C2CCN(C(=O)OC(C)(C)C)CC2)nn1. The van der Waals surface area contributed by atoms with E-state index in [9.17, 15) is 4.79 Å². The van der Waals surface area contributed by atoms with E-state index in [1.807, 2.05) is 31.6 Å². The Morgan fingerprint density at radius 2 is 1.95 bits per heavy atom. The van der Waals surface area contributed by atoms with Gasteiger partial charge in [-0.25, -0.2) is 9.48 Å². The van der Waals surface area contributed by atoms with E-state index in [0.717, 1.165) is 18.5 Å². The number of amides is 1. The van der Waals surface area contributed by atoms with Crippen molar-refractivity contribution >= 4 is 6.09 Å². The summed E-state index contributed by atoms with van der Waals surface area (Å²) >= 11 is 0. The first-order chi connectivity index (χ1) is 9.76. The molecule has 0 aromatic carbocycles. The Morgan fingerprint density at radius 3 is 2.43 bits per heavy atom. The van der Waals surface area contributed by atoms with Gasteiger partial charge >= 0.3 is 6.09 Å². The number of hydrogen-bond donors (Lipinski definition) is 0. The molecule has 6 nitrogen and oxygen atoms in total. The molecule has 0 bridgehead atoms. The molecule has 0 radical (unpaired) electrons. The van der Waals surface area contributed by atoms with Gasteiger partial charge in [0.05, 0.1) is 11.7 Å². The zero-order valence-corrected chi connectivity index (χ0v) is 13.7. The fourth-order valence-electron chi connectivity index (χ4n) is 2.37. The molecule has 1 aromatic heterocycles. The van der Waals surface area contributed by atoms with Gasteiger partial charge in [-0.05, 0) is 39.5 Å². The number of aromatic nitrogens is 3. The standard InChI is InChI=1S/C15H26N4O2/c1-11(2)13-10-19(17-16-13)12-6-8-18(9-7-12)14(20)21-15(3,4)5/h10-12H,6-9H2,1-5H3. The number of carbonyl (C=O) groups is 1. The van der Waals surface area contributed by atoms with Gasteiger partial charge in [0.25, 0.3) is 0 Å². The lowest BCUT2D eigenvalue weighted by molar-refractivity contribution is 0.0184. The van der Waals surface area contributed by atoms with Gasteiger partial charge in [0, 0.05) is 19.3 Å². The molecule has 0 unspecified atom stereocenters. The molecule has 0 spiro atoms. The monoisotopic (exact) mass is 294 g/mol. The lowest BCUT2D eigenvalue weighted by atomic mass is 10.1. The second-order valence-electron chi connectivity index (χ2n) is 6.98. The first kappa shape index (κ1) is 15.8. The Kier molecular flexibility index (Phi) is 4.54. The summed E-state index contributed by atoms with van der Waals surface area (Å²) in [4.78, 5) is 13.8. The van der Waals surface area contributed by atoms with Crippen molar-refractivity contribution < 1.29 is 9.53 Å². The molecule has 1 fully saturated rings. The second kappa shape index (κ2) is 6.03. The Morgan fingerprint density at radius 1 is 1.33 bits per heavy atom. The van der Waals surface area contributed by atoms with Crippen molar-refractivity contribution in [2.24, 2.45) is 0 Å². The average molecular weight is 294 g/mol. The van der Waals surface area contributed by atoms with E-state index in [-0.39, 0.29) is 6.09 Å². The smallest absolute Gasteiger partial charge is 0.410 e. The zero-order chi connectivity index (χ0) is 15.6. The number of likely N-dealkylation sites (tertiary alicyclic amines) is 1. The fourth-order valence-corrected chi connectivity index (χ4v) is 2.37. The first-order valence-corrected chi connectivity index (χ1v) is 7.66. The molecule has 0 saturated carbocycles. The number of rotatable bonds is 2. The van der Waals surface area contributed by atoms with Gasteiger partial charge in [-0.15, -0.1) is 5.10 Å². The molecular formula is C15H26N4O2. The van der Waals surface area contributed by atoms with Crippen molar-refractivity contribution in [2.45, 2.75) is 65.0 Å². The Labute approximate surface area is 126 Å². The van der Waals surface area contributed by atoms with E-state index < -0.39 is 5.60 Å². The summed E-state index contributed by atoms with van der Waals surface area (Å²) in [6.07, 6.45) is 3.58. The largest absolute Gasteiger partial charge is 0.444 e. The summed E-state index contributed by atoms with van der Waals surface area (Å²) in [5, 5.41) is 8.42. The highest BCUT2D eigenvalue weighted by Gasteiger charge is 2.28. The molecule has 0 atom stereocenters. The van der Waals surface area contributed by atoms with Crippen molar-refractivity contribution in [1.29, 1.82) is 0 Å². The van der Waals surface area contributed by atoms with Crippen LogP contribution in [-0.4, -0.2) is 44.7 Å². The average Bonchev–Trinajstić information content (AvgIpc) is 2.86. The van der Waals surface area contributed by atoms with E-state index in [0.29, 0.717) is 25.0 Å². The number of piperidine rings is 1. The van der Waals surface area contributed by atoms with E-state index in [1.165, 1.54) is 0 Å². The lowest BCUT2D eigenvalue weighted by Crippen LogP contribution is -2.42. The van der Waals surface area contributed by atoms with Crippen LogP contribution in [0.25, 0.3) is 0 Å². The topological polar surface area (TPSA) is 60.2 Å². The highest BCUT2D eigenvalue weighted by Crippen LogP contribution is 2.24. The predicted octanol–water partition coefficient (Wildman–Crippen LogP) is 2.97. The van der Waals surface area contributed by atoms with Crippen LogP contribution in [0.4, 0.5) is 4.79 Å². The molecule has 6 heteroatoms. The molecule has 1 amide bonds. The summed E-state index contributed by atoms with van der Waals surface area (Å²) in [6, 6.07) is 0.323. The number of hydrogen-bond acceptors (Lipinski definition) is 4. The molecule has 1 saturated heterocycles. The molecule has 0 aliphatic carbocycles. The van der Waals surface area contributed by atoms with E-state index in [2.05, 4.69) is 24.2 Å². The molecule has 21 heavy (non-hydrogen) atoms. The van der Waals surface area contributed by atoms with Crippen molar-refractivity contribution in [3.05, 3.63) is 11.9 Å². The van der Waals surface area contributed by atoms with Crippen molar-refractivity contribution in [3.63, 3.8) is 0 Å². The van der Waals surface area contributed by atoms with Crippen LogP contribution in [-0.2, 0) is 4.74 Å². The van der Waals surface area contributed by atoms with Crippen LogP contribution in [0, 0.1) is 0 Å². The minimum absolute atomic E-state index is 0.220. The maximum atomic E-state index is 12.0. The van der Waals surface area contributed by atoms with Crippen LogP contribution < -0.4 is 0 Å². The minimum atomic E-state index is -0.438. The third-order valence-corrected chi connectivity index (χ3v) is 3.61. The van der Waals surface area contributed by atoms with E-state index >= 15 is 0 Å². The third kappa shape index (κ3) is 4.19. The minimum Gasteiger partial charge on any atom is -0.444 e. The normalized spacial score (nSPS) is 17.3. The second-order valence-corrected chi connectivity index (χ2v) is 6.98. The van der Waals surface area contributed by atoms with Crippen LogP contribution in [0.3, 0.4) is 0 Å². The molecule has 0 N–H and O–H groups in total. The van der Waals surface area contributed by atoms with Crippen molar-refractivity contribution in [1.82, 2.24) is 19.9 Å². The quantitative estimate of drug-likeness (QED) is 0.841. The van der Waals surface area contributed by atoms with Crippen LogP contribution in [0.2, 0.25) is 0 Å². The molecular weight excluding hydrogens is 268 g/mol. The fraction of sp³-hybridized carbons (Fsp3) is 0.800. The summed E-state index contributed by atoms with van der Waals surface area (Å²) in [6.45, 7) is 11.3. The van der Waals surface area contributed by atoms with Crippen molar-refractivity contribution in [3.8, 4) is 0 Å². The van der Waals surface area contributed by atoms with Crippen molar-refractivity contribution in [2.75, 3.05) is 13.1 Å². The number of ether oxygens (including phenoxy) is 1. The van der Waals surface area contributed by atoms with Gasteiger partial charge in [-0.1, -0.05) is 19.1 Å². The van der Waals surface area contributed by atoms with Crippen LogP contribution >= 0.6 is 0 Å². The molecule has 2 rings (SSSR count). The van der Waals surface area contributed by atoms with E-state index in [4.69, 9.17) is 4.74 Å². The molecule has 2 heterocycles. The lowest BCUT2D eigenvalue weighted by Gasteiger charge is -2.33. The highest BCUT2D eigenvalue weighted by atomic mass is 16.6. The Bertz CT molecular complexity index is 482. The Balaban J connectivity index is 1.89. The summed E-state index contributed by atoms with van der Waals surface area (Å²) in [5.41, 5.74) is 0.580. The maximum absolute atomic E-state index is 12.0. The van der Waals surface area contributed by atoms with Gasteiger partial charge < -0.3 is 9.64 Å². The van der Waals surface area contributed by atoms with Gasteiger partial charge in [-0.2, -0.15) is 0 Å².